The molecule has 1 heterocycles. The Balaban J connectivity index is 1.73. The second kappa shape index (κ2) is 5.65. The van der Waals surface area contributed by atoms with Gasteiger partial charge in [0.1, 0.15) is 11.3 Å². The molecule has 3 rings (SSSR count). The summed E-state index contributed by atoms with van der Waals surface area (Å²) in [5, 5.41) is 0. The molecule has 1 aromatic heterocycles. The van der Waals surface area contributed by atoms with E-state index >= 15 is 0 Å². The first-order chi connectivity index (χ1) is 10.1. The van der Waals surface area contributed by atoms with Crippen molar-refractivity contribution in [2.75, 3.05) is 0 Å². The monoisotopic (exact) mass is 349 g/mol. The Morgan fingerprint density at radius 2 is 2.10 bits per heavy atom. The molecule has 4 nitrogen and oxygen atoms in total. The van der Waals surface area contributed by atoms with E-state index in [2.05, 4.69) is 20.9 Å². The number of benzene rings is 2. The highest BCUT2D eigenvalue weighted by molar-refractivity contribution is 9.10. The Morgan fingerprint density at radius 1 is 1.29 bits per heavy atom. The number of rotatable bonds is 3. The minimum absolute atomic E-state index is 0.130. The van der Waals surface area contributed by atoms with Crippen molar-refractivity contribution in [1.82, 2.24) is 4.98 Å². The van der Waals surface area contributed by atoms with Gasteiger partial charge in [0, 0.05) is 4.47 Å². The van der Waals surface area contributed by atoms with E-state index in [9.17, 15) is 9.18 Å². The van der Waals surface area contributed by atoms with Crippen LogP contribution in [0.1, 0.15) is 16.2 Å². The lowest BCUT2D eigenvalue weighted by Crippen LogP contribution is -2.07. The third-order valence-electron chi connectivity index (χ3n) is 2.82. The first kappa shape index (κ1) is 13.8. The quantitative estimate of drug-likeness (QED) is 0.668. The summed E-state index contributed by atoms with van der Waals surface area (Å²) >= 11 is 3.12. The van der Waals surface area contributed by atoms with E-state index in [0.717, 1.165) is 0 Å². The Kier molecular flexibility index (Phi) is 3.70. The number of halogens is 2. The van der Waals surface area contributed by atoms with Gasteiger partial charge in [0.15, 0.2) is 12.2 Å². The minimum Gasteiger partial charge on any atom is -0.452 e. The Labute approximate surface area is 127 Å². The Bertz CT molecular complexity index is 783. The van der Waals surface area contributed by atoms with Crippen LogP contribution >= 0.6 is 15.9 Å². The SMILES string of the molecule is O=C(OCc1nc2ccccc2o1)c1ccc(Br)cc1F. The van der Waals surface area contributed by atoms with Crippen LogP contribution < -0.4 is 0 Å². The van der Waals surface area contributed by atoms with Gasteiger partial charge >= 0.3 is 5.97 Å². The molecular formula is C15H9BrFNO3. The van der Waals surface area contributed by atoms with Crippen molar-refractivity contribution in [3.8, 4) is 0 Å². The smallest absolute Gasteiger partial charge is 0.341 e. The maximum atomic E-state index is 13.6. The summed E-state index contributed by atoms with van der Waals surface area (Å²) in [5.74, 6) is -1.14. The van der Waals surface area contributed by atoms with Crippen molar-refractivity contribution in [2.24, 2.45) is 0 Å². The molecule has 0 amide bonds. The van der Waals surface area contributed by atoms with Gasteiger partial charge in [-0.15, -0.1) is 0 Å². The van der Waals surface area contributed by atoms with Gasteiger partial charge in [-0.05, 0) is 30.3 Å². The number of esters is 1. The summed E-state index contributed by atoms with van der Waals surface area (Å²) < 4.78 is 24.6. The van der Waals surface area contributed by atoms with Crippen LogP contribution in [0.5, 0.6) is 0 Å². The van der Waals surface area contributed by atoms with E-state index in [1.807, 2.05) is 12.1 Å². The van der Waals surface area contributed by atoms with E-state index < -0.39 is 11.8 Å². The molecule has 21 heavy (non-hydrogen) atoms. The molecule has 0 radical (unpaired) electrons. The highest BCUT2D eigenvalue weighted by Gasteiger charge is 2.15. The maximum absolute atomic E-state index is 13.6. The van der Waals surface area contributed by atoms with Crippen molar-refractivity contribution < 1.29 is 18.3 Å². The number of fused-ring (bicyclic) bond motifs is 1. The molecule has 0 spiro atoms. The fourth-order valence-electron chi connectivity index (χ4n) is 1.84. The van der Waals surface area contributed by atoms with Gasteiger partial charge in [0.25, 0.3) is 0 Å². The number of para-hydroxylation sites is 2. The molecule has 0 saturated heterocycles. The number of carbonyl (C=O) groups is 1. The number of hydrogen-bond donors (Lipinski definition) is 0. The normalized spacial score (nSPS) is 10.8. The molecule has 0 N–H and O–H groups in total. The molecule has 0 fully saturated rings. The van der Waals surface area contributed by atoms with E-state index in [4.69, 9.17) is 9.15 Å². The van der Waals surface area contributed by atoms with Crippen molar-refractivity contribution >= 4 is 33.0 Å². The number of carbonyl (C=O) groups excluding carboxylic acids is 1. The molecule has 2 aromatic carbocycles. The molecule has 0 atom stereocenters. The lowest BCUT2D eigenvalue weighted by Gasteiger charge is -2.03. The van der Waals surface area contributed by atoms with Gasteiger partial charge in [-0.2, -0.15) is 0 Å². The van der Waals surface area contributed by atoms with E-state index in [0.29, 0.717) is 15.6 Å². The summed E-state index contributed by atoms with van der Waals surface area (Å²) in [6, 6.07) is 11.3. The molecule has 6 heteroatoms. The molecule has 0 aliphatic heterocycles. The predicted molar refractivity (Wildman–Crippen MR) is 77.2 cm³/mol. The number of aromatic nitrogens is 1. The number of ether oxygens (including phenoxy) is 1. The second-order valence-corrected chi connectivity index (χ2v) is 5.19. The van der Waals surface area contributed by atoms with E-state index in [-0.39, 0.29) is 18.1 Å². The average Bonchev–Trinajstić information content (AvgIpc) is 2.87. The number of nitrogens with zero attached hydrogens (tertiary/aromatic N) is 1. The predicted octanol–water partition coefficient (Wildman–Crippen LogP) is 4.09. The first-order valence-electron chi connectivity index (χ1n) is 6.10. The number of hydrogen-bond acceptors (Lipinski definition) is 4. The van der Waals surface area contributed by atoms with Crippen LogP contribution in [-0.2, 0) is 11.3 Å². The lowest BCUT2D eigenvalue weighted by atomic mass is 10.2. The van der Waals surface area contributed by atoms with Crippen molar-refractivity contribution in [1.29, 1.82) is 0 Å². The summed E-state index contributed by atoms with van der Waals surface area (Å²) in [4.78, 5) is 16.0. The summed E-state index contributed by atoms with van der Waals surface area (Å²) in [6.45, 7) is -0.150. The fourth-order valence-corrected chi connectivity index (χ4v) is 2.17. The molecule has 0 saturated carbocycles. The molecule has 0 bridgehead atoms. The minimum atomic E-state index is -0.762. The zero-order chi connectivity index (χ0) is 14.8. The van der Waals surface area contributed by atoms with Crippen LogP contribution in [0.2, 0.25) is 0 Å². The van der Waals surface area contributed by atoms with Crippen LogP contribution in [0, 0.1) is 5.82 Å². The average molecular weight is 350 g/mol. The van der Waals surface area contributed by atoms with Crippen LogP contribution in [0.25, 0.3) is 11.1 Å². The standard InChI is InChI=1S/C15H9BrFNO3/c16-9-5-6-10(11(17)7-9)15(19)20-8-14-18-12-3-1-2-4-13(12)21-14/h1-7H,8H2. The van der Waals surface area contributed by atoms with E-state index in [1.54, 1.807) is 18.2 Å². The molecular weight excluding hydrogens is 341 g/mol. The van der Waals surface area contributed by atoms with Crippen molar-refractivity contribution in [3.05, 3.63) is 64.2 Å². The summed E-state index contributed by atoms with van der Waals surface area (Å²) in [5.41, 5.74) is 1.16. The maximum Gasteiger partial charge on any atom is 0.341 e. The van der Waals surface area contributed by atoms with Gasteiger partial charge in [0.05, 0.1) is 5.56 Å². The molecule has 106 valence electrons. The second-order valence-electron chi connectivity index (χ2n) is 4.28. The van der Waals surface area contributed by atoms with Crippen LogP contribution in [0.4, 0.5) is 4.39 Å². The van der Waals surface area contributed by atoms with E-state index in [1.165, 1.54) is 12.1 Å². The van der Waals surface area contributed by atoms with Gasteiger partial charge < -0.3 is 9.15 Å². The topological polar surface area (TPSA) is 52.3 Å². The third-order valence-corrected chi connectivity index (χ3v) is 3.31. The molecule has 0 unspecified atom stereocenters. The third kappa shape index (κ3) is 2.95. The number of oxazole rings is 1. The molecule has 3 aromatic rings. The highest BCUT2D eigenvalue weighted by Crippen LogP contribution is 2.18. The van der Waals surface area contributed by atoms with Crippen LogP contribution in [0.15, 0.2) is 51.4 Å². The lowest BCUT2D eigenvalue weighted by molar-refractivity contribution is 0.0435. The van der Waals surface area contributed by atoms with Gasteiger partial charge in [-0.3, -0.25) is 0 Å². The highest BCUT2D eigenvalue weighted by atomic mass is 79.9. The Hall–Kier alpha value is -2.21. The van der Waals surface area contributed by atoms with Crippen molar-refractivity contribution in [3.63, 3.8) is 0 Å². The molecule has 0 aliphatic carbocycles. The van der Waals surface area contributed by atoms with Gasteiger partial charge in [-0.1, -0.05) is 28.1 Å². The van der Waals surface area contributed by atoms with Crippen LogP contribution in [-0.4, -0.2) is 11.0 Å². The zero-order valence-corrected chi connectivity index (χ0v) is 12.3. The zero-order valence-electron chi connectivity index (χ0n) is 10.7. The Morgan fingerprint density at radius 3 is 2.86 bits per heavy atom. The summed E-state index contributed by atoms with van der Waals surface area (Å²) in [6.07, 6.45) is 0. The largest absolute Gasteiger partial charge is 0.452 e. The van der Waals surface area contributed by atoms with Crippen LogP contribution in [0.3, 0.4) is 0 Å². The van der Waals surface area contributed by atoms with Crippen molar-refractivity contribution in [2.45, 2.75) is 6.61 Å². The van der Waals surface area contributed by atoms with Gasteiger partial charge in [0.2, 0.25) is 5.89 Å². The first-order valence-corrected chi connectivity index (χ1v) is 6.89. The fraction of sp³-hybridized carbons (Fsp3) is 0.0667. The molecule has 0 aliphatic rings. The summed E-state index contributed by atoms with van der Waals surface area (Å²) in [7, 11) is 0. The van der Waals surface area contributed by atoms with Gasteiger partial charge in [-0.25, -0.2) is 14.2 Å².